The summed E-state index contributed by atoms with van der Waals surface area (Å²) >= 11 is 6.27. The number of phenols is 1. The fraction of sp³-hybridized carbons (Fsp3) is 0.161. The van der Waals surface area contributed by atoms with E-state index in [-0.39, 0.29) is 17.2 Å². The molecule has 2 atom stereocenters. The molecule has 1 aliphatic rings. The lowest BCUT2D eigenvalue weighted by atomic mass is 9.81. The number of aromatic nitrogens is 4. The Hall–Kier alpha value is -4.69. The van der Waals surface area contributed by atoms with Crippen LogP contribution in [0.1, 0.15) is 35.1 Å². The van der Waals surface area contributed by atoms with Crippen molar-refractivity contribution in [3.8, 4) is 5.75 Å². The van der Waals surface area contributed by atoms with E-state index in [4.69, 9.17) is 21.6 Å². The summed E-state index contributed by atoms with van der Waals surface area (Å²) in [6, 6.07) is 22.2. The maximum atomic E-state index is 13.5. The number of hydrogen-bond donors (Lipinski definition) is 2. The average Bonchev–Trinajstić information content (AvgIpc) is 2.98. The van der Waals surface area contributed by atoms with Crippen LogP contribution in [-0.4, -0.2) is 24.2 Å². The number of benzene rings is 4. The molecule has 7 rings (SSSR count). The van der Waals surface area contributed by atoms with Gasteiger partial charge in [0, 0.05) is 41.4 Å². The predicted octanol–water partition coefficient (Wildman–Crippen LogP) is 5.38. The topological polar surface area (TPSA) is 102 Å². The van der Waals surface area contributed by atoms with Gasteiger partial charge in [0.05, 0.1) is 33.7 Å². The number of rotatable bonds is 2. The SMILES string of the molecule is Cn1c2c(c(=O)n(C)c1=O)C(c1ccccc1)CC(c1c(O)c3ccccc3c3nc4cc(Cl)ccc4nc13)N2. The molecule has 0 saturated carbocycles. The number of anilines is 1. The molecule has 1 aliphatic heterocycles. The second-order valence-electron chi connectivity index (χ2n) is 10.2. The van der Waals surface area contributed by atoms with Crippen LogP contribution in [0.15, 0.2) is 82.4 Å². The Morgan fingerprint density at radius 2 is 1.55 bits per heavy atom. The van der Waals surface area contributed by atoms with Crippen molar-refractivity contribution in [1.29, 1.82) is 0 Å². The fourth-order valence-corrected chi connectivity index (χ4v) is 6.17. The Morgan fingerprint density at radius 1 is 0.850 bits per heavy atom. The normalized spacial score (nSPS) is 16.8. The number of phenolic OH excluding ortho intramolecular Hbond substituents is 1. The van der Waals surface area contributed by atoms with Crippen LogP contribution in [0, 0.1) is 0 Å². The third-order valence-electron chi connectivity index (χ3n) is 7.95. The van der Waals surface area contributed by atoms with Gasteiger partial charge in [-0.25, -0.2) is 14.8 Å². The molecular formula is C31H24ClN5O3. The van der Waals surface area contributed by atoms with Crippen molar-refractivity contribution in [3.63, 3.8) is 0 Å². The second kappa shape index (κ2) is 8.93. The van der Waals surface area contributed by atoms with Crippen LogP contribution in [0.25, 0.3) is 32.8 Å². The molecule has 6 aromatic rings. The van der Waals surface area contributed by atoms with E-state index in [2.05, 4.69) is 5.32 Å². The summed E-state index contributed by atoms with van der Waals surface area (Å²) in [4.78, 5) is 36.4. The van der Waals surface area contributed by atoms with Crippen molar-refractivity contribution in [1.82, 2.24) is 19.1 Å². The molecule has 3 heterocycles. The molecule has 0 saturated heterocycles. The van der Waals surface area contributed by atoms with Gasteiger partial charge in [-0.2, -0.15) is 0 Å². The molecule has 0 amide bonds. The fourth-order valence-electron chi connectivity index (χ4n) is 6.00. The highest BCUT2D eigenvalue weighted by atomic mass is 35.5. The highest BCUT2D eigenvalue weighted by Crippen LogP contribution is 2.47. The first-order valence-corrected chi connectivity index (χ1v) is 13.3. The van der Waals surface area contributed by atoms with E-state index < -0.39 is 11.7 Å². The molecule has 0 spiro atoms. The van der Waals surface area contributed by atoms with Gasteiger partial charge in [-0.1, -0.05) is 66.2 Å². The molecule has 2 N–H and O–H groups in total. The van der Waals surface area contributed by atoms with Gasteiger partial charge in [0.25, 0.3) is 5.56 Å². The Kier molecular flexibility index (Phi) is 5.43. The molecule has 2 aromatic heterocycles. The zero-order valence-corrected chi connectivity index (χ0v) is 22.5. The smallest absolute Gasteiger partial charge is 0.332 e. The van der Waals surface area contributed by atoms with Gasteiger partial charge < -0.3 is 10.4 Å². The van der Waals surface area contributed by atoms with Crippen molar-refractivity contribution >= 4 is 50.3 Å². The van der Waals surface area contributed by atoms with E-state index in [1.54, 1.807) is 19.2 Å². The average molecular weight is 550 g/mol. The van der Waals surface area contributed by atoms with Crippen LogP contribution in [-0.2, 0) is 14.1 Å². The van der Waals surface area contributed by atoms with E-state index in [0.29, 0.717) is 55.8 Å². The van der Waals surface area contributed by atoms with Gasteiger partial charge in [0.2, 0.25) is 0 Å². The van der Waals surface area contributed by atoms with Crippen molar-refractivity contribution in [2.75, 3.05) is 5.32 Å². The number of halogens is 1. The number of aromatic hydroxyl groups is 1. The van der Waals surface area contributed by atoms with Gasteiger partial charge in [-0.05, 0) is 30.2 Å². The van der Waals surface area contributed by atoms with Gasteiger partial charge in [0.15, 0.2) is 0 Å². The largest absolute Gasteiger partial charge is 0.507 e. The van der Waals surface area contributed by atoms with E-state index in [0.717, 1.165) is 15.5 Å². The number of nitrogens with zero attached hydrogens (tertiary/aromatic N) is 4. The molecule has 198 valence electrons. The lowest BCUT2D eigenvalue weighted by molar-refractivity contribution is 0.463. The quantitative estimate of drug-likeness (QED) is 0.222. The summed E-state index contributed by atoms with van der Waals surface area (Å²) in [6.07, 6.45) is 0.450. The van der Waals surface area contributed by atoms with Crippen LogP contribution in [0.4, 0.5) is 5.82 Å². The lowest BCUT2D eigenvalue weighted by Gasteiger charge is -2.35. The van der Waals surface area contributed by atoms with Crippen LogP contribution in [0.5, 0.6) is 5.75 Å². The molecular weight excluding hydrogens is 526 g/mol. The summed E-state index contributed by atoms with van der Waals surface area (Å²) in [7, 11) is 3.14. The van der Waals surface area contributed by atoms with Crippen molar-refractivity contribution < 1.29 is 5.11 Å². The molecule has 0 aliphatic carbocycles. The Morgan fingerprint density at radius 3 is 2.33 bits per heavy atom. The summed E-state index contributed by atoms with van der Waals surface area (Å²) in [5, 5.41) is 17.2. The van der Waals surface area contributed by atoms with Crippen LogP contribution < -0.4 is 16.6 Å². The minimum absolute atomic E-state index is 0.0901. The first kappa shape index (κ1) is 24.4. The van der Waals surface area contributed by atoms with Crippen LogP contribution >= 0.6 is 11.6 Å². The zero-order chi connectivity index (χ0) is 27.7. The molecule has 4 aromatic carbocycles. The van der Waals surface area contributed by atoms with E-state index in [9.17, 15) is 14.7 Å². The number of hydrogen-bond acceptors (Lipinski definition) is 6. The maximum Gasteiger partial charge on any atom is 0.332 e. The van der Waals surface area contributed by atoms with Gasteiger partial charge in [-0.3, -0.25) is 13.9 Å². The number of fused-ring (bicyclic) bond motifs is 5. The minimum Gasteiger partial charge on any atom is -0.507 e. The van der Waals surface area contributed by atoms with E-state index in [1.165, 1.54) is 11.6 Å². The summed E-state index contributed by atoms with van der Waals surface area (Å²) < 4.78 is 2.60. The van der Waals surface area contributed by atoms with Gasteiger partial charge in [-0.15, -0.1) is 0 Å². The molecule has 9 heteroatoms. The van der Waals surface area contributed by atoms with Crippen LogP contribution in [0.3, 0.4) is 0 Å². The Balaban J connectivity index is 1.56. The second-order valence-corrected chi connectivity index (χ2v) is 10.7. The number of nitrogens with one attached hydrogen (secondary N) is 1. The molecule has 40 heavy (non-hydrogen) atoms. The molecule has 2 unspecified atom stereocenters. The summed E-state index contributed by atoms with van der Waals surface area (Å²) in [5.74, 6) is 0.188. The Bertz CT molecular complexity index is 2120. The zero-order valence-electron chi connectivity index (χ0n) is 21.7. The summed E-state index contributed by atoms with van der Waals surface area (Å²) in [6.45, 7) is 0. The van der Waals surface area contributed by atoms with Crippen molar-refractivity contribution in [2.45, 2.75) is 18.4 Å². The Labute approximate surface area is 233 Å². The highest BCUT2D eigenvalue weighted by Gasteiger charge is 2.36. The summed E-state index contributed by atoms with van der Waals surface area (Å²) in [5.41, 5.74) is 3.74. The predicted molar refractivity (Wildman–Crippen MR) is 157 cm³/mol. The maximum absolute atomic E-state index is 13.5. The van der Waals surface area contributed by atoms with Gasteiger partial charge >= 0.3 is 5.69 Å². The van der Waals surface area contributed by atoms with E-state index in [1.807, 2.05) is 60.7 Å². The lowest BCUT2D eigenvalue weighted by Crippen LogP contribution is -2.43. The molecule has 0 fully saturated rings. The van der Waals surface area contributed by atoms with Crippen molar-refractivity contribution in [3.05, 3.63) is 115 Å². The third-order valence-corrected chi connectivity index (χ3v) is 8.19. The van der Waals surface area contributed by atoms with Crippen molar-refractivity contribution in [2.24, 2.45) is 14.1 Å². The molecule has 0 bridgehead atoms. The monoisotopic (exact) mass is 549 g/mol. The first-order valence-electron chi connectivity index (χ1n) is 13.0. The first-order chi connectivity index (χ1) is 19.3. The minimum atomic E-state index is -0.485. The van der Waals surface area contributed by atoms with Gasteiger partial charge in [0.1, 0.15) is 11.6 Å². The standard InChI is InChI=1S/C31H24ClN5O3/c1-36-29-24(30(39)37(2)31(36)40)20(16-8-4-3-5-9-16)15-23(35-29)25-27-26(18-10-6-7-11-19(18)28(25)38)34-22-14-17(32)12-13-21(22)33-27/h3-14,20,23,35,38H,15H2,1-2H3. The third kappa shape index (κ3) is 3.53. The molecule has 8 nitrogen and oxygen atoms in total. The van der Waals surface area contributed by atoms with E-state index >= 15 is 0 Å². The molecule has 0 radical (unpaired) electrons. The highest BCUT2D eigenvalue weighted by molar-refractivity contribution is 6.31. The van der Waals surface area contributed by atoms with Crippen LogP contribution in [0.2, 0.25) is 5.02 Å².